The number of hydrogen-bond donors (Lipinski definition) is 0. The second-order valence-electron chi connectivity index (χ2n) is 5.20. The Hall–Kier alpha value is -1.20. The van der Waals surface area contributed by atoms with Crippen LogP contribution >= 0.6 is 0 Å². The molecular weight excluding hydrogens is 215 g/mol. The van der Waals surface area contributed by atoms with E-state index >= 15 is 0 Å². The first-order chi connectivity index (χ1) is 7.83. The van der Waals surface area contributed by atoms with Crippen molar-refractivity contribution in [3.63, 3.8) is 0 Å². The molecule has 0 N–H and O–H groups in total. The first-order valence-electron chi connectivity index (χ1n) is 5.64. The molecule has 17 heavy (non-hydrogen) atoms. The highest BCUT2D eigenvalue weighted by Gasteiger charge is 2.52. The predicted molar refractivity (Wildman–Crippen MR) is 67.1 cm³/mol. The van der Waals surface area contributed by atoms with E-state index in [9.17, 15) is 0 Å². The van der Waals surface area contributed by atoms with Crippen LogP contribution in [0.2, 0.25) is 0 Å². The molecular formula is C12H17BN2O2. The lowest BCUT2D eigenvalue weighted by Crippen LogP contribution is -2.41. The molecule has 90 valence electrons. The third-order valence-electron chi connectivity index (χ3n) is 3.43. The monoisotopic (exact) mass is 232 g/mol. The molecule has 2 rings (SSSR count). The van der Waals surface area contributed by atoms with Crippen LogP contribution in [0.1, 0.15) is 33.4 Å². The SMILES string of the molecule is C=C(B1OC(C)(C)C(C)(C)O1)c1cnccn1. The maximum absolute atomic E-state index is 5.89. The lowest BCUT2D eigenvalue weighted by atomic mass is 9.77. The molecule has 0 unspecified atom stereocenters. The first kappa shape index (κ1) is 12.3. The molecule has 0 aromatic carbocycles. The van der Waals surface area contributed by atoms with Crippen LogP contribution in [-0.2, 0) is 9.31 Å². The minimum atomic E-state index is -0.461. The fraction of sp³-hybridized carbons (Fsp3) is 0.500. The van der Waals surface area contributed by atoms with Gasteiger partial charge in [0.2, 0.25) is 0 Å². The maximum atomic E-state index is 5.89. The molecule has 0 radical (unpaired) electrons. The van der Waals surface area contributed by atoms with Crippen LogP contribution in [0.3, 0.4) is 0 Å². The van der Waals surface area contributed by atoms with Gasteiger partial charge < -0.3 is 9.31 Å². The van der Waals surface area contributed by atoms with E-state index in [0.717, 1.165) is 0 Å². The molecule has 1 aliphatic rings. The molecule has 1 fully saturated rings. The minimum absolute atomic E-state index is 0.358. The molecule has 0 atom stereocenters. The highest BCUT2D eigenvalue weighted by atomic mass is 16.7. The van der Waals surface area contributed by atoms with E-state index < -0.39 is 7.12 Å². The summed E-state index contributed by atoms with van der Waals surface area (Å²) >= 11 is 0. The van der Waals surface area contributed by atoms with E-state index in [-0.39, 0.29) is 11.2 Å². The summed E-state index contributed by atoms with van der Waals surface area (Å²) in [6, 6.07) is 0. The Labute approximate surface area is 102 Å². The van der Waals surface area contributed by atoms with Gasteiger partial charge in [-0.1, -0.05) is 6.58 Å². The van der Waals surface area contributed by atoms with Crippen molar-refractivity contribution in [1.29, 1.82) is 0 Å². The van der Waals surface area contributed by atoms with Crippen molar-refractivity contribution in [2.24, 2.45) is 0 Å². The van der Waals surface area contributed by atoms with Crippen molar-refractivity contribution in [1.82, 2.24) is 9.97 Å². The summed E-state index contributed by atoms with van der Waals surface area (Å²) in [5.41, 5.74) is 0.689. The zero-order valence-electron chi connectivity index (χ0n) is 10.7. The van der Waals surface area contributed by atoms with Crippen LogP contribution in [0, 0.1) is 0 Å². The Morgan fingerprint density at radius 1 is 1.18 bits per heavy atom. The molecule has 0 spiro atoms. The van der Waals surface area contributed by atoms with Crippen molar-refractivity contribution >= 4 is 12.6 Å². The van der Waals surface area contributed by atoms with Crippen LogP contribution < -0.4 is 0 Å². The van der Waals surface area contributed by atoms with Crippen molar-refractivity contribution in [3.05, 3.63) is 30.9 Å². The average Bonchev–Trinajstić information content (AvgIpc) is 2.48. The highest BCUT2D eigenvalue weighted by molar-refractivity contribution is 6.68. The molecule has 1 aromatic rings. The van der Waals surface area contributed by atoms with Crippen molar-refractivity contribution in [2.75, 3.05) is 0 Å². The van der Waals surface area contributed by atoms with Gasteiger partial charge in [0.1, 0.15) is 0 Å². The van der Waals surface area contributed by atoms with E-state index in [1.54, 1.807) is 18.6 Å². The summed E-state index contributed by atoms with van der Waals surface area (Å²) in [6.45, 7) is 12.0. The van der Waals surface area contributed by atoms with E-state index in [2.05, 4.69) is 16.5 Å². The number of nitrogens with zero attached hydrogens (tertiary/aromatic N) is 2. The van der Waals surface area contributed by atoms with Gasteiger partial charge in [0.25, 0.3) is 0 Å². The van der Waals surface area contributed by atoms with Crippen LogP contribution in [0.25, 0.3) is 5.47 Å². The van der Waals surface area contributed by atoms with Gasteiger partial charge in [0.15, 0.2) is 0 Å². The molecule has 2 heterocycles. The lowest BCUT2D eigenvalue weighted by Gasteiger charge is -2.32. The normalized spacial score (nSPS) is 21.5. The summed E-state index contributed by atoms with van der Waals surface area (Å²) in [5, 5.41) is 0. The standard InChI is InChI=1S/C12H17BN2O2/c1-9(10-8-14-6-7-15-10)13-16-11(2,3)12(4,5)17-13/h6-8H,1H2,2-5H3. The van der Waals surface area contributed by atoms with E-state index in [1.165, 1.54) is 0 Å². The fourth-order valence-electron chi connectivity index (χ4n) is 1.57. The molecule has 0 bridgehead atoms. The summed E-state index contributed by atoms with van der Waals surface area (Å²) < 4.78 is 11.8. The molecule has 1 saturated heterocycles. The average molecular weight is 232 g/mol. The Bertz CT molecular complexity index is 415. The Balaban J connectivity index is 2.20. The summed E-state index contributed by atoms with van der Waals surface area (Å²) in [5.74, 6) is 0. The van der Waals surface area contributed by atoms with Crippen LogP contribution in [0.15, 0.2) is 25.2 Å². The van der Waals surface area contributed by atoms with Crippen molar-refractivity contribution < 1.29 is 9.31 Å². The van der Waals surface area contributed by atoms with Gasteiger partial charge in [-0.2, -0.15) is 0 Å². The molecule has 0 saturated carbocycles. The molecule has 0 aliphatic carbocycles. The van der Waals surface area contributed by atoms with Crippen molar-refractivity contribution in [3.8, 4) is 0 Å². The highest BCUT2D eigenvalue weighted by Crippen LogP contribution is 2.39. The smallest absolute Gasteiger partial charge is 0.399 e. The van der Waals surface area contributed by atoms with E-state index in [0.29, 0.717) is 11.2 Å². The minimum Gasteiger partial charge on any atom is -0.399 e. The summed E-state index contributed by atoms with van der Waals surface area (Å²) in [7, 11) is -0.461. The maximum Gasteiger partial charge on any atom is 0.496 e. The molecule has 4 nitrogen and oxygen atoms in total. The van der Waals surface area contributed by atoms with Gasteiger partial charge in [0.05, 0.1) is 23.1 Å². The van der Waals surface area contributed by atoms with Crippen LogP contribution in [0.5, 0.6) is 0 Å². The van der Waals surface area contributed by atoms with Gasteiger partial charge in [0, 0.05) is 17.9 Å². The van der Waals surface area contributed by atoms with Gasteiger partial charge in [-0.25, -0.2) is 0 Å². The molecule has 5 heteroatoms. The second-order valence-corrected chi connectivity index (χ2v) is 5.20. The molecule has 1 aliphatic heterocycles. The first-order valence-corrected chi connectivity index (χ1v) is 5.64. The van der Waals surface area contributed by atoms with Crippen LogP contribution in [-0.4, -0.2) is 28.3 Å². The van der Waals surface area contributed by atoms with Gasteiger partial charge in [-0.3, -0.25) is 9.97 Å². The Kier molecular flexibility index (Phi) is 2.83. The van der Waals surface area contributed by atoms with E-state index in [4.69, 9.17) is 9.31 Å². The largest absolute Gasteiger partial charge is 0.496 e. The third-order valence-corrected chi connectivity index (χ3v) is 3.43. The van der Waals surface area contributed by atoms with Crippen molar-refractivity contribution in [2.45, 2.75) is 38.9 Å². The Morgan fingerprint density at radius 3 is 2.24 bits per heavy atom. The number of hydrogen-bond acceptors (Lipinski definition) is 4. The van der Waals surface area contributed by atoms with Gasteiger partial charge in [-0.15, -0.1) is 0 Å². The summed E-state index contributed by atoms with van der Waals surface area (Å²) in [6.07, 6.45) is 4.92. The predicted octanol–water partition coefficient (Wildman–Crippen LogP) is 2.12. The lowest BCUT2D eigenvalue weighted by molar-refractivity contribution is 0.00578. The number of aromatic nitrogens is 2. The topological polar surface area (TPSA) is 44.2 Å². The molecule has 0 amide bonds. The Morgan fingerprint density at radius 2 is 1.76 bits per heavy atom. The summed E-state index contributed by atoms with van der Waals surface area (Å²) in [4.78, 5) is 8.21. The molecule has 1 aromatic heterocycles. The number of rotatable bonds is 2. The quantitative estimate of drug-likeness (QED) is 0.732. The van der Waals surface area contributed by atoms with E-state index in [1.807, 2.05) is 27.7 Å². The van der Waals surface area contributed by atoms with Gasteiger partial charge >= 0.3 is 7.12 Å². The fourth-order valence-corrected chi connectivity index (χ4v) is 1.57. The third kappa shape index (κ3) is 2.12. The van der Waals surface area contributed by atoms with Crippen LogP contribution in [0.4, 0.5) is 0 Å². The van der Waals surface area contributed by atoms with Gasteiger partial charge in [-0.05, 0) is 27.7 Å². The zero-order chi connectivity index (χ0) is 12.7. The zero-order valence-corrected chi connectivity index (χ0v) is 10.7. The second kappa shape index (κ2) is 3.93.